The van der Waals surface area contributed by atoms with Crippen molar-refractivity contribution in [3.8, 4) is 22.6 Å². The Labute approximate surface area is 200 Å². The predicted octanol–water partition coefficient (Wildman–Crippen LogP) is 1.68. The second-order valence-corrected chi connectivity index (χ2v) is 7.94. The van der Waals surface area contributed by atoms with Crippen molar-refractivity contribution >= 4 is 0 Å². The first-order valence-corrected chi connectivity index (χ1v) is 10.2. The summed E-state index contributed by atoms with van der Waals surface area (Å²) in [5.41, 5.74) is 2.85. The Kier molecular flexibility index (Phi) is 9.34. The van der Waals surface area contributed by atoms with Crippen LogP contribution in [0.3, 0.4) is 0 Å². The second-order valence-electron chi connectivity index (χ2n) is 7.94. The topological polar surface area (TPSA) is 82.2 Å². The van der Waals surface area contributed by atoms with Gasteiger partial charge < -0.3 is 14.9 Å². The molecule has 6 nitrogen and oxygen atoms in total. The average molecular weight is 417 g/mol. The van der Waals surface area contributed by atoms with Crippen molar-refractivity contribution in [2.75, 3.05) is 6.61 Å². The normalized spacial score (nSPS) is 11.2. The van der Waals surface area contributed by atoms with Gasteiger partial charge in [0, 0.05) is 22.9 Å². The third-order valence-corrected chi connectivity index (χ3v) is 5.27. The number of hydrogen-bond donors (Lipinski definition) is 1. The van der Waals surface area contributed by atoms with Crippen LogP contribution in [0.1, 0.15) is 57.8 Å². The number of aryl methyl sites for hydroxylation is 1. The molecule has 1 aromatic heterocycles. The fraction of sp³-hybridized carbons (Fsp3) is 0.435. The van der Waals surface area contributed by atoms with E-state index < -0.39 is 0 Å². The number of rotatable bonds is 10. The van der Waals surface area contributed by atoms with E-state index in [4.69, 9.17) is 4.74 Å². The van der Waals surface area contributed by atoms with E-state index in [1.54, 1.807) is 6.07 Å². The fourth-order valence-corrected chi connectivity index (χ4v) is 3.43. The van der Waals surface area contributed by atoms with E-state index in [-0.39, 0.29) is 40.7 Å². The summed E-state index contributed by atoms with van der Waals surface area (Å²) in [5, 5.41) is 25.6. The molecule has 3 rings (SSSR count). The van der Waals surface area contributed by atoms with Gasteiger partial charge in [0.25, 0.3) is 0 Å². The Balaban J connectivity index is 0.00000320. The van der Waals surface area contributed by atoms with Gasteiger partial charge in [0.2, 0.25) is 0 Å². The first-order valence-electron chi connectivity index (χ1n) is 10.2. The van der Waals surface area contributed by atoms with E-state index >= 15 is 0 Å². The van der Waals surface area contributed by atoms with Gasteiger partial charge in [-0.3, -0.25) is 15.5 Å². The maximum Gasteiger partial charge on any atom is 1.00 e. The molecule has 1 N–H and O–H groups in total. The van der Waals surface area contributed by atoms with Gasteiger partial charge in [0.15, 0.2) is 0 Å². The van der Waals surface area contributed by atoms with Crippen LogP contribution in [0.2, 0.25) is 0 Å². The second kappa shape index (κ2) is 11.5. The molecule has 0 aliphatic carbocycles. The van der Waals surface area contributed by atoms with Crippen LogP contribution in [0.15, 0.2) is 42.5 Å². The minimum Gasteiger partial charge on any atom is -0.507 e. The molecule has 0 spiro atoms. The molecule has 0 aliphatic rings. The third kappa shape index (κ3) is 6.30. The van der Waals surface area contributed by atoms with Gasteiger partial charge in [0.05, 0.1) is 6.61 Å². The largest absolute Gasteiger partial charge is 1.00 e. The molecule has 30 heavy (non-hydrogen) atoms. The molecule has 154 valence electrons. The van der Waals surface area contributed by atoms with Crippen LogP contribution >= 0.6 is 0 Å². The molecule has 0 atom stereocenters. The molecule has 0 unspecified atom stereocenters. The van der Waals surface area contributed by atoms with Crippen LogP contribution < -0.4 is 39.5 Å². The SMILES string of the molecule is CCc1cc(-c2ccccc2)c(O)cc1OCCCCCC(C)(C)c1nn[n-]n1.[Na+]. The van der Waals surface area contributed by atoms with Crippen molar-refractivity contribution in [2.45, 2.75) is 58.3 Å². The van der Waals surface area contributed by atoms with Crippen molar-refractivity contribution in [3.63, 3.8) is 0 Å². The summed E-state index contributed by atoms with van der Waals surface area (Å²) >= 11 is 0. The first-order chi connectivity index (χ1) is 14.0. The molecule has 7 heteroatoms. The van der Waals surface area contributed by atoms with E-state index in [9.17, 15) is 5.11 Å². The number of phenols is 1. The number of unbranched alkanes of at least 4 members (excludes halogenated alkanes) is 2. The van der Waals surface area contributed by atoms with Crippen LogP contribution in [0.4, 0.5) is 0 Å². The Bertz CT molecular complexity index is 899. The van der Waals surface area contributed by atoms with Gasteiger partial charge in [-0.1, -0.05) is 63.9 Å². The minimum absolute atomic E-state index is 0. The van der Waals surface area contributed by atoms with Crippen LogP contribution in [0, 0.1) is 0 Å². The summed E-state index contributed by atoms with van der Waals surface area (Å²) in [6.07, 6.45) is 4.90. The summed E-state index contributed by atoms with van der Waals surface area (Å²) in [6.45, 7) is 6.97. The van der Waals surface area contributed by atoms with Crippen molar-refractivity contribution in [1.82, 2.24) is 20.6 Å². The standard InChI is InChI=1S/C23H29N4O2.Na/c1-4-17-15-19(18-11-7-5-8-12-18)20(28)16-21(17)29-14-10-6-9-13-23(2,3)22-24-26-27-25-22;/h5,7-8,11-12,15-16H,4,6,9-10,13-14H2,1-3H3,(H-,24,25,26,27,28);/q-1;+1. The number of benzene rings is 2. The molecule has 0 saturated heterocycles. The Morgan fingerprint density at radius 2 is 1.83 bits per heavy atom. The molecule has 0 bridgehead atoms. The summed E-state index contributed by atoms with van der Waals surface area (Å²) in [5.74, 6) is 1.73. The predicted molar refractivity (Wildman–Crippen MR) is 113 cm³/mol. The van der Waals surface area contributed by atoms with Crippen molar-refractivity contribution in [3.05, 3.63) is 53.9 Å². The van der Waals surface area contributed by atoms with Gasteiger partial charge in [-0.15, -0.1) is 0 Å². The number of ether oxygens (including phenoxy) is 1. The molecule has 1 heterocycles. The molecule has 2 aromatic carbocycles. The number of aromatic nitrogens is 4. The van der Waals surface area contributed by atoms with Gasteiger partial charge in [-0.25, -0.2) is 0 Å². The smallest absolute Gasteiger partial charge is 0.507 e. The molecule has 0 saturated carbocycles. The maximum atomic E-state index is 10.5. The van der Waals surface area contributed by atoms with Crippen LogP contribution in [-0.4, -0.2) is 27.1 Å². The van der Waals surface area contributed by atoms with Gasteiger partial charge in [-0.2, -0.15) is 0 Å². The Hall–Kier alpha value is -1.89. The van der Waals surface area contributed by atoms with Crippen LogP contribution in [-0.2, 0) is 11.8 Å². The van der Waals surface area contributed by atoms with Gasteiger partial charge in [-0.05, 0) is 36.5 Å². The van der Waals surface area contributed by atoms with E-state index in [1.807, 2.05) is 36.4 Å². The first kappa shape index (κ1) is 24.4. The average Bonchev–Trinajstić information content (AvgIpc) is 3.27. The number of nitrogens with zero attached hydrogens (tertiary/aromatic N) is 4. The molecule has 0 fully saturated rings. The minimum atomic E-state index is -0.112. The number of phenolic OH excluding ortho intramolecular Hbond substituents is 1. The zero-order chi connectivity index (χ0) is 20.7. The number of tetrazole rings is 1. The van der Waals surface area contributed by atoms with Crippen molar-refractivity contribution in [2.24, 2.45) is 0 Å². The van der Waals surface area contributed by atoms with Gasteiger partial charge in [0.1, 0.15) is 11.5 Å². The number of aromatic hydroxyl groups is 1. The zero-order valence-electron chi connectivity index (χ0n) is 18.4. The molecule has 0 amide bonds. The quantitative estimate of drug-likeness (QED) is 0.400. The Morgan fingerprint density at radius 1 is 1.07 bits per heavy atom. The van der Waals surface area contributed by atoms with Crippen molar-refractivity contribution < 1.29 is 39.4 Å². The molecule has 3 aromatic rings. The van der Waals surface area contributed by atoms with E-state index in [0.29, 0.717) is 12.4 Å². The zero-order valence-corrected chi connectivity index (χ0v) is 20.4. The maximum absolute atomic E-state index is 10.5. The molecule has 0 radical (unpaired) electrons. The Morgan fingerprint density at radius 3 is 2.50 bits per heavy atom. The van der Waals surface area contributed by atoms with E-state index in [1.165, 1.54) is 0 Å². The van der Waals surface area contributed by atoms with E-state index in [0.717, 1.165) is 54.5 Å². The van der Waals surface area contributed by atoms with Crippen LogP contribution in [0.25, 0.3) is 11.1 Å². The van der Waals surface area contributed by atoms with Crippen molar-refractivity contribution in [1.29, 1.82) is 0 Å². The van der Waals surface area contributed by atoms with Crippen LogP contribution in [0.5, 0.6) is 11.5 Å². The molecule has 0 aliphatic heterocycles. The summed E-state index contributed by atoms with van der Waals surface area (Å²) in [4.78, 5) is 0. The summed E-state index contributed by atoms with van der Waals surface area (Å²) in [7, 11) is 0. The fourth-order valence-electron chi connectivity index (χ4n) is 3.43. The molecular weight excluding hydrogens is 387 g/mol. The van der Waals surface area contributed by atoms with Gasteiger partial charge >= 0.3 is 29.6 Å². The summed E-state index contributed by atoms with van der Waals surface area (Å²) < 4.78 is 6.00. The summed E-state index contributed by atoms with van der Waals surface area (Å²) in [6, 6.07) is 13.7. The number of hydrogen-bond acceptors (Lipinski definition) is 5. The molecular formula is C23H29N4NaO2. The van der Waals surface area contributed by atoms with E-state index in [2.05, 4.69) is 41.4 Å². The monoisotopic (exact) mass is 416 g/mol. The third-order valence-electron chi connectivity index (χ3n) is 5.27.